The number of nitrogens with one attached hydrogen (secondary N) is 1. The Labute approximate surface area is 148 Å². The second-order valence-electron chi connectivity index (χ2n) is 6.84. The first-order chi connectivity index (χ1) is 12.1. The highest BCUT2D eigenvalue weighted by atomic mass is 16.3. The molecule has 2 aromatic rings. The number of aromatic nitrogens is 3. The lowest BCUT2D eigenvalue weighted by Gasteiger charge is -2.40. The van der Waals surface area contributed by atoms with Gasteiger partial charge in [0, 0.05) is 37.2 Å². The summed E-state index contributed by atoms with van der Waals surface area (Å²) in [6.45, 7) is 5.75. The van der Waals surface area contributed by atoms with Crippen LogP contribution in [0.15, 0.2) is 24.3 Å². The monoisotopic (exact) mass is 342 g/mol. The molecule has 1 aliphatic rings. The van der Waals surface area contributed by atoms with Crippen molar-refractivity contribution in [2.24, 2.45) is 5.41 Å². The molecule has 2 heterocycles. The molecule has 0 radical (unpaired) electrons. The van der Waals surface area contributed by atoms with Crippen molar-refractivity contribution in [1.29, 1.82) is 0 Å². The summed E-state index contributed by atoms with van der Waals surface area (Å²) in [6.07, 6.45) is 3.49. The number of likely N-dealkylation sites (tertiary alicyclic amines) is 1. The average Bonchev–Trinajstić information content (AvgIpc) is 3.17. The topological polar surface area (TPSA) is 82.1 Å². The van der Waals surface area contributed by atoms with Crippen molar-refractivity contribution in [3.63, 3.8) is 0 Å². The van der Waals surface area contributed by atoms with E-state index >= 15 is 0 Å². The van der Waals surface area contributed by atoms with Crippen LogP contribution in [0.1, 0.15) is 49.3 Å². The van der Waals surface area contributed by atoms with Crippen LogP contribution < -0.4 is 0 Å². The third kappa shape index (κ3) is 3.58. The number of benzene rings is 1. The number of H-pyrrole nitrogens is 1. The van der Waals surface area contributed by atoms with E-state index in [2.05, 4.69) is 22.1 Å². The largest absolute Gasteiger partial charge is 0.396 e. The van der Waals surface area contributed by atoms with Gasteiger partial charge in [-0.05, 0) is 36.8 Å². The second-order valence-corrected chi connectivity index (χ2v) is 6.84. The second kappa shape index (κ2) is 7.35. The molecule has 3 rings (SSSR count). The minimum atomic E-state index is -0.0107. The number of piperidine rings is 1. The van der Waals surface area contributed by atoms with Gasteiger partial charge in [0.2, 0.25) is 0 Å². The van der Waals surface area contributed by atoms with Crippen LogP contribution in [0, 0.1) is 5.41 Å². The fraction of sp³-hybridized carbons (Fsp3) is 0.526. The number of hydrogen-bond acceptors (Lipinski definition) is 4. The number of carbonyl (C=O) groups excluding carboxylic acids is 1. The maximum absolute atomic E-state index is 12.7. The predicted molar refractivity (Wildman–Crippen MR) is 96.1 cm³/mol. The van der Waals surface area contributed by atoms with Crippen molar-refractivity contribution in [3.8, 4) is 11.4 Å². The van der Waals surface area contributed by atoms with Crippen LogP contribution in [0.3, 0.4) is 0 Å². The summed E-state index contributed by atoms with van der Waals surface area (Å²) < 4.78 is 0. The molecule has 0 unspecified atom stereocenters. The maximum Gasteiger partial charge on any atom is 0.253 e. The molecule has 6 heteroatoms. The van der Waals surface area contributed by atoms with Gasteiger partial charge in [0.25, 0.3) is 5.91 Å². The summed E-state index contributed by atoms with van der Waals surface area (Å²) in [4.78, 5) is 19.0. The van der Waals surface area contributed by atoms with Crippen LogP contribution in [0.4, 0.5) is 0 Å². The lowest BCUT2D eigenvalue weighted by atomic mass is 9.77. The zero-order valence-electron chi connectivity index (χ0n) is 15.0. The Morgan fingerprint density at radius 1 is 1.24 bits per heavy atom. The molecule has 0 saturated carbocycles. The van der Waals surface area contributed by atoms with Gasteiger partial charge >= 0.3 is 0 Å². The Balaban J connectivity index is 1.67. The Kier molecular flexibility index (Phi) is 5.18. The van der Waals surface area contributed by atoms with Crippen molar-refractivity contribution in [2.45, 2.75) is 39.5 Å². The van der Waals surface area contributed by atoms with E-state index in [1.165, 1.54) is 0 Å². The first kappa shape index (κ1) is 17.6. The van der Waals surface area contributed by atoms with Crippen molar-refractivity contribution in [3.05, 3.63) is 35.7 Å². The van der Waals surface area contributed by atoms with Crippen molar-refractivity contribution in [2.75, 3.05) is 19.7 Å². The number of nitrogens with zero attached hydrogens (tertiary/aromatic N) is 3. The molecule has 25 heavy (non-hydrogen) atoms. The molecule has 134 valence electrons. The van der Waals surface area contributed by atoms with Crippen LogP contribution in [-0.4, -0.2) is 50.8 Å². The summed E-state index contributed by atoms with van der Waals surface area (Å²) in [5.41, 5.74) is 1.57. The number of rotatable bonds is 5. The van der Waals surface area contributed by atoms with E-state index in [0.29, 0.717) is 24.5 Å². The van der Waals surface area contributed by atoms with E-state index < -0.39 is 0 Å². The maximum atomic E-state index is 12.7. The number of aryl methyl sites for hydroxylation is 1. The lowest BCUT2D eigenvalue weighted by molar-refractivity contribution is 0.0338. The highest BCUT2D eigenvalue weighted by Gasteiger charge is 2.34. The number of carbonyl (C=O) groups is 1. The van der Waals surface area contributed by atoms with Crippen LogP contribution in [-0.2, 0) is 6.42 Å². The van der Waals surface area contributed by atoms with Gasteiger partial charge in [-0.2, -0.15) is 5.10 Å². The minimum Gasteiger partial charge on any atom is -0.396 e. The number of aliphatic hydroxyl groups is 1. The third-order valence-corrected chi connectivity index (χ3v) is 5.45. The van der Waals surface area contributed by atoms with E-state index in [1.807, 2.05) is 36.1 Å². The van der Waals surface area contributed by atoms with Gasteiger partial charge in [-0.3, -0.25) is 9.89 Å². The first-order valence-electron chi connectivity index (χ1n) is 9.02. The third-order valence-electron chi connectivity index (χ3n) is 5.45. The van der Waals surface area contributed by atoms with E-state index in [0.717, 1.165) is 37.1 Å². The quantitative estimate of drug-likeness (QED) is 0.875. The molecule has 1 aromatic heterocycles. The number of amides is 1. The van der Waals surface area contributed by atoms with E-state index in [-0.39, 0.29) is 17.9 Å². The molecule has 2 N–H and O–H groups in total. The fourth-order valence-corrected chi connectivity index (χ4v) is 3.33. The van der Waals surface area contributed by atoms with Gasteiger partial charge < -0.3 is 10.0 Å². The van der Waals surface area contributed by atoms with Gasteiger partial charge in [0.05, 0.1) is 0 Å². The molecule has 1 aliphatic heterocycles. The molecule has 1 aromatic carbocycles. The van der Waals surface area contributed by atoms with Crippen LogP contribution in [0.25, 0.3) is 11.4 Å². The van der Waals surface area contributed by atoms with Crippen LogP contribution in [0.2, 0.25) is 0 Å². The minimum absolute atomic E-state index is 0.0107. The summed E-state index contributed by atoms with van der Waals surface area (Å²) in [7, 11) is 0. The molecule has 0 atom stereocenters. The Bertz CT molecular complexity index is 709. The zero-order valence-corrected chi connectivity index (χ0v) is 15.0. The molecule has 6 nitrogen and oxygen atoms in total. The molecule has 1 saturated heterocycles. The average molecular weight is 342 g/mol. The summed E-state index contributed by atoms with van der Waals surface area (Å²) in [6, 6.07) is 7.47. The normalized spacial score (nSPS) is 16.8. The van der Waals surface area contributed by atoms with Gasteiger partial charge in [-0.1, -0.05) is 26.0 Å². The standard InChI is InChI=1S/C19H26N4O2/c1-3-16-20-17(22-21-16)14-5-7-15(8-6-14)18(25)23-11-9-19(4-2,13-24)10-12-23/h5-8,24H,3-4,9-13H2,1-2H3,(H,20,21,22). The highest BCUT2D eigenvalue weighted by Crippen LogP contribution is 2.34. The van der Waals surface area contributed by atoms with Gasteiger partial charge in [-0.25, -0.2) is 4.98 Å². The van der Waals surface area contributed by atoms with Crippen molar-refractivity contribution in [1.82, 2.24) is 20.1 Å². The summed E-state index contributed by atoms with van der Waals surface area (Å²) in [5, 5.41) is 16.7. The number of aromatic amines is 1. The molecule has 0 spiro atoms. The molecule has 0 aliphatic carbocycles. The molecule has 1 amide bonds. The van der Waals surface area contributed by atoms with Gasteiger partial charge in [0.1, 0.15) is 5.82 Å². The van der Waals surface area contributed by atoms with E-state index in [1.54, 1.807) is 0 Å². The number of hydrogen-bond donors (Lipinski definition) is 2. The van der Waals surface area contributed by atoms with Crippen molar-refractivity contribution < 1.29 is 9.90 Å². The molecule has 1 fully saturated rings. The van der Waals surface area contributed by atoms with Crippen LogP contribution >= 0.6 is 0 Å². The Morgan fingerprint density at radius 2 is 1.92 bits per heavy atom. The van der Waals surface area contributed by atoms with Gasteiger partial charge in [-0.15, -0.1) is 0 Å². The molecular weight excluding hydrogens is 316 g/mol. The fourth-order valence-electron chi connectivity index (χ4n) is 3.33. The lowest BCUT2D eigenvalue weighted by Crippen LogP contribution is -2.44. The van der Waals surface area contributed by atoms with Crippen LogP contribution in [0.5, 0.6) is 0 Å². The Morgan fingerprint density at radius 3 is 2.44 bits per heavy atom. The number of aliphatic hydroxyl groups excluding tert-OH is 1. The smallest absolute Gasteiger partial charge is 0.253 e. The van der Waals surface area contributed by atoms with E-state index in [4.69, 9.17) is 0 Å². The molecular formula is C19H26N4O2. The Hall–Kier alpha value is -2.21. The van der Waals surface area contributed by atoms with Gasteiger partial charge in [0.15, 0.2) is 5.82 Å². The highest BCUT2D eigenvalue weighted by molar-refractivity contribution is 5.94. The predicted octanol–water partition coefficient (Wildman–Crippen LogP) is 2.66. The summed E-state index contributed by atoms with van der Waals surface area (Å²) >= 11 is 0. The SMILES string of the molecule is CCc1nc(-c2ccc(C(=O)N3CCC(CC)(CO)CC3)cc2)n[nH]1. The first-order valence-corrected chi connectivity index (χ1v) is 9.02. The zero-order chi connectivity index (χ0) is 17.9. The van der Waals surface area contributed by atoms with E-state index in [9.17, 15) is 9.90 Å². The van der Waals surface area contributed by atoms with Crippen molar-refractivity contribution >= 4 is 5.91 Å². The molecule has 0 bridgehead atoms. The summed E-state index contributed by atoms with van der Waals surface area (Å²) in [5.74, 6) is 1.56.